The standard InChI is InChI=1S/C23H31N3O3S/c1-19-10-11-22(17-20(19)2)30(28,29)24-12-6-9-23(27)26-15-13-25(14-16-26)18-21-7-4-3-5-8-21/h3-5,7-8,10-11,17,24H,6,9,12-16,18H2,1-2H3. The van der Waals surface area contributed by atoms with Crippen molar-refractivity contribution in [2.45, 2.75) is 38.1 Å². The predicted octanol–water partition coefficient (Wildman–Crippen LogP) is 2.71. The number of hydrogen-bond acceptors (Lipinski definition) is 4. The third kappa shape index (κ3) is 6.14. The average molecular weight is 430 g/mol. The number of amides is 1. The summed E-state index contributed by atoms with van der Waals surface area (Å²) in [4.78, 5) is 17.0. The Morgan fingerprint density at radius 3 is 2.33 bits per heavy atom. The van der Waals surface area contributed by atoms with Crippen molar-refractivity contribution in [2.75, 3.05) is 32.7 Å². The highest BCUT2D eigenvalue weighted by molar-refractivity contribution is 7.89. The van der Waals surface area contributed by atoms with Gasteiger partial charge < -0.3 is 4.90 Å². The maximum atomic E-state index is 12.5. The molecule has 1 saturated heterocycles. The van der Waals surface area contributed by atoms with Gasteiger partial charge in [-0.1, -0.05) is 36.4 Å². The van der Waals surface area contributed by atoms with Crippen LogP contribution in [0.2, 0.25) is 0 Å². The number of carbonyl (C=O) groups excluding carboxylic acids is 1. The highest BCUT2D eigenvalue weighted by Gasteiger charge is 2.21. The Morgan fingerprint density at radius 1 is 0.967 bits per heavy atom. The van der Waals surface area contributed by atoms with Crippen LogP contribution in [-0.2, 0) is 21.4 Å². The second kappa shape index (κ2) is 10.2. The third-order valence-electron chi connectivity index (χ3n) is 5.62. The minimum absolute atomic E-state index is 0.0970. The average Bonchev–Trinajstić information content (AvgIpc) is 2.74. The molecule has 162 valence electrons. The first-order valence-corrected chi connectivity index (χ1v) is 11.9. The summed E-state index contributed by atoms with van der Waals surface area (Å²) in [5, 5.41) is 0. The van der Waals surface area contributed by atoms with E-state index in [2.05, 4.69) is 21.8 Å². The van der Waals surface area contributed by atoms with Crippen LogP contribution >= 0.6 is 0 Å². The van der Waals surface area contributed by atoms with Gasteiger partial charge in [-0.2, -0.15) is 0 Å². The monoisotopic (exact) mass is 429 g/mol. The van der Waals surface area contributed by atoms with Gasteiger partial charge >= 0.3 is 0 Å². The Labute approximate surface area is 179 Å². The van der Waals surface area contributed by atoms with Crippen molar-refractivity contribution in [2.24, 2.45) is 0 Å². The van der Waals surface area contributed by atoms with E-state index < -0.39 is 10.0 Å². The van der Waals surface area contributed by atoms with Crippen LogP contribution in [0.5, 0.6) is 0 Å². The van der Waals surface area contributed by atoms with Crippen molar-refractivity contribution < 1.29 is 13.2 Å². The quantitative estimate of drug-likeness (QED) is 0.655. The molecule has 7 heteroatoms. The summed E-state index contributed by atoms with van der Waals surface area (Å²) in [7, 11) is -3.54. The zero-order valence-electron chi connectivity index (χ0n) is 17.8. The highest BCUT2D eigenvalue weighted by atomic mass is 32.2. The van der Waals surface area contributed by atoms with Crippen molar-refractivity contribution in [3.05, 3.63) is 65.2 Å². The number of sulfonamides is 1. The Morgan fingerprint density at radius 2 is 1.67 bits per heavy atom. The molecule has 0 radical (unpaired) electrons. The molecule has 0 bridgehead atoms. The molecule has 1 aliphatic heterocycles. The minimum atomic E-state index is -3.54. The molecule has 0 saturated carbocycles. The molecule has 1 amide bonds. The summed E-state index contributed by atoms with van der Waals surface area (Å²) in [6.07, 6.45) is 0.848. The number of aryl methyl sites for hydroxylation is 2. The topological polar surface area (TPSA) is 69.7 Å². The fourth-order valence-electron chi connectivity index (χ4n) is 3.57. The molecular weight excluding hydrogens is 398 g/mol. The number of rotatable bonds is 8. The summed E-state index contributed by atoms with van der Waals surface area (Å²) < 4.78 is 27.4. The van der Waals surface area contributed by atoms with Gasteiger partial charge in [-0.25, -0.2) is 13.1 Å². The number of piperazine rings is 1. The maximum absolute atomic E-state index is 12.5. The Kier molecular flexibility index (Phi) is 7.64. The van der Waals surface area contributed by atoms with Gasteiger partial charge in [-0.3, -0.25) is 9.69 Å². The summed E-state index contributed by atoms with van der Waals surface area (Å²) >= 11 is 0. The summed E-state index contributed by atoms with van der Waals surface area (Å²) in [5.41, 5.74) is 3.29. The van der Waals surface area contributed by atoms with Gasteiger partial charge in [0.1, 0.15) is 0 Å². The van der Waals surface area contributed by atoms with Crippen molar-refractivity contribution in [1.82, 2.24) is 14.5 Å². The van der Waals surface area contributed by atoms with E-state index in [1.807, 2.05) is 43.0 Å². The van der Waals surface area contributed by atoms with E-state index in [0.29, 0.717) is 12.8 Å². The molecule has 0 unspecified atom stereocenters. The molecule has 1 fully saturated rings. The number of carbonyl (C=O) groups is 1. The SMILES string of the molecule is Cc1ccc(S(=O)(=O)NCCCC(=O)N2CCN(Cc3ccccc3)CC2)cc1C. The first kappa shape index (κ1) is 22.5. The third-order valence-corrected chi connectivity index (χ3v) is 7.08. The Hall–Kier alpha value is -2.22. The Bertz CT molecular complexity index is 953. The minimum Gasteiger partial charge on any atom is -0.340 e. The first-order chi connectivity index (χ1) is 14.3. The van der Waals surface area contributed by atoms with Gasteiger partial charge in [-0.05, 0) is 49.1 Å². The highest BCUT2D eigenvalue weighted by Crippen LogP contribution is 2.15. The summed E-state index contributed by atoms with van der Waals surface area (Å²) in [6.45, 7) is 8.18. The van der Waals surface area contributed by atoms with Crippen LogP contribution in [0.4, 0.5) is 0 Å². The van der Waals surface area contributed by atoms with E-state index >= 15 is 0 Å². The summed E-state index contributed by atoms with van der Waals surface area (Å²) in [6, 6.07) is 15.5. The van der Waals surface area contributed by atoms with Crippen molar-refractivity contribution in [1.29, 1.82) is 0 Å². The van der Waals surface area contributed by atoms with Crippen LogP contribution in [0.25, 0.3) is 0 Å². The smallest absolute Gasteiger partial charge is 0.240 e. The normalized spacial score (nSPS) is 15.3. The van der Waals surface area contributed by atoms with Gasteiger partial charge in [0.25, 0.3) is 0 Å². The van der Waals surface area contributed by atoms with Gasteiger partial charge in [0.2, 0.25) is 15.9 Å². The fraction of sp³-hybridized carbons (Fsp3) is 0.435. The van der Waals surface area contributed by atoms with E-state index in [1.54, 1.807) is 12.1 Å². The lowest BCUT2D eigenvalue weighted by Gasteiger charge is -2.34. The fourth-order valence-corrected chi connectivity index (χ4v) is 4.72. The van der Waals surface area contributed by atoms with Crippen LogP contribution in [-0.4, -0.2) is 56.8 Å². The molecule has 3 rings (SSSR count). The van der Waals surface area contributed by atoms with Crippen LogP contribution < -0.4 is 4.72 Å². The number of hydrogen-bond donors (Lipinski definition) is 1. The molecule has 1 aliphatic rings. The van der Waals surface area contributed by atoms with Crippen molar-refractivity contribution in [3.63, 3.8) is 0 Å². The van der Waals surface area contributed by atoms with Crippen LogP contribution in [0.3, 0.4) is 0 Å². The molecule has 0 aliphatic carbocycles. The van der Waals surface area contributed by atoms with E-state index in [4.69, 9.17) is 0 Å². The van der Waals surface area contributed by atoms with Crippen molar-refractivity contribution in [3.8, 4) is 0 Å². The van der Waals surface area contributed by atoms with Crippen LogP contribution in [0.15, 0.2) is 53.4 Å². The molecule has 2 aromatic carbocycles. The molecule has 30 heavy (non-hydrogen) atoms. The molecule has 0 atom stereocenters. The summed E-state index contributed by atoms with van der Waals surface area (Å²) in [5.74, 6) is 0.0970. The van der Waals surface area contributed by atoms with Crippen molar-refractivity contribution >= 4 is 15.9 Å². The zero-order chi connectivity index (χ0) is 21.6. The van der Waals surface area contributed by atoms with Crippen LogP contribution in [0, 0.1) is 13.8 Å². The second-order valence-corrected chi connectivity index (χ2v) is 9.66. The lowest BCUT2D eigenvalue weighted by Crippen LogP contribution is -2.48. The van der Waals surface area contributed by atoms with Gasteiger partial charge in [0, 0.05) is 45.7 Å². The predicted molar refractivity (Wildman–Crippen MR) is 119 cm³/mol. The van der Waals surface area contributed by atoms with Gasteiger partial charge in [0.05, 0.1) is 4.90 Å². The van der Waals surface area contributed by atoms with Gasteiger partial charge in [-0.15, -0.1) is 0 Å². The number of benzene rings is 2. The molecule has 0 spiro atoms. The zero-order valence-corrected chi connectivity index (χ0v) is 18.6. The molecule has 6 nitrogen and oxygen atoms in total. The molecule has 0 aromatic heterocycles. The molecule has 1 heterocycles. The Balaban J connectivity index is 1.38. The second-order valence-electron chi connectivity index (χ2n) is 7.89. The number of nitrogens with one attached hydrogen (secondary N) is 1. The number of nitrogens with zero attached hydrogens (tertiary/aromatic N) is 2. The van der Waals surface area contributed by atoms with E-state index in [1.165, 1.54) is 5.56 Å². The van der Waals surface area contributed by atoms with E-state index in [-0.39, 0.29) is 17.3 Å². The van der Waals surface area contributed by atoms with Crippen LogP contribution in [0.1, 0.15) is 29.5 Å². The lowest BCUT2D eigenvalue weighted by molar-refractivity contribution is -0.133. The molecule has 1 N–H and O–H groups in total. The van der Waals surface area contributed by atoms with E-state index in [9.17, 15) is 13.2 Å². The van der Waals surface area contributed by atoms with Gasteiger partial charge in [0.15, 0.2) is 0 Å². The maximum Gasteiger partial charge on any atom is 0.240 e. The molecular formula is C23H31N3O3S. The first-order valence-electron chi connectivity index (χ1n) is 10.5. The largest absolute Gasteiger partial charge is 0.340 e. The molecule has 2 aromatic rings. The van der Waals surface area contributed by atoms with E-state index in [0.717, 1.165) is 43.9 Å². The lowest BCUT2D eigenvalue weighted by atomic mass is 10.1.